The molecule has 2 N–H and O–H groups in total. The lowest BCUT2D eigenvalue weighted by Crippen LogP contribution is -2.01. The summed E-state index contributed by atoms with van der Waals surface area (Å²) in [6.45, 7) is 0. The molecule has 0 spiro atoms. The number of rotatable bonds is 5. The van der Waals surface area contributed by atoms with Crippen molar-refractivity contribution < 1.29 is 13.5 Å². The number of nitrogens with one attached hydrogen (secondary N) is 2. The Hall–Kier alpha value is -3.22. The van der Waals surface area contributed by atoms with Gasteiger partial charge < -0.3 is 15.4 Å². The number of halogens is 2. The van der Waals surface area contributed by atoms with Crippen molar-refractivity contribution in [3.8, 4) is 5.75 Å². The molecule has 0 bridgehead atoms. The number of anilines is 4. The minimum absolute atomic E-state index is 0.123. The monoisotopic (exact) mass is 328 g/mol. The summed E-state index contributed by atoms with van der Waals surface area (Å²) < 4.78 is 31.9. The third-order valence-corrected chi connectivity index (χ3v) is 3.23. The Morgan fingerprint density at radius 2 is 1.58 bits per heavy atom. The van der Waals surface area contributed by atoms with E-state index >= 15 is 0 Å². The van der Waals surface area contributed by atoms with Gasteiger partial charge in [0, 0.05) is 12.1 Å². The van der Waals surface area contributed by atoms with E-state index in [0.717, 1.165) is 11.8 Å². The highest BCUT2D eigenvalue weighted by atomic mass is 19.1. The van der Waals surface area contributed by atoms with E-state index in [1.807, 2.05) is 24.3 Å². The molecule has 24 heavy (non-hydrogen) atoms. The second-order valence-corrected chi connectivity index (χ2v) is 4.86. The van der Waals surface area contributed by atoms with Gasteiger partial charge in [0.15, 0.2) is 0 Å². The minimum atomic E-state index is -0.701. The predicted molar refractivity (Wildman–Crippen MR) is 87.9 cm³/mol. The molecule has 0 saturated heterocycles. The van der Waals surface area contributed by atoms with E-state index in [-0.39, 0.29) is 5.69 Å². The van der Waals surface area contributed by atoms with Crippen molar-refractivity contribution >= 4 is 23.0 Å². The molecular formula is C17H14F2N4O. The normalized spacial score (nSPS) is 10.3. The van der Waals surface area contributed by atoms with Gasteiger partial charge in [-0.2, -0.15) is 0 Å². The number of para-hydroxylation sites is 2. The molecule has 0 aliphatic rings. The summed E-state index contributed by atoms with van der Waals surface area (Å²) >= 11 is 0. The van der Waals surface area contributed by atoms with Crippen LogP contribution >= 0.6 is 0 Å². The first kappa shape index (κ1) is 15.7. The molecule has 0 radical (unpaired) electrons. The number of nitrogens with zero attached hydrogens (tertiary/aromatic N) is 2. The van der Waals surface area contributed by atoms with Crippen molar-refractivity contribution in [2.75, 3.05) is 17.7 Å². The first-order chi connectivity index (χ1) is 11.7. The average molecular weight is 328 g/mol. The van der Waals surface area contributed by atoms with Crippen LogP contribution in [0, 0.1) is 11.6 Å². The van der Waals surface area contributed by atoms with Gasteiger partial charge in [0.25, 0.3) is 0 Å². The molecular weight excluding hydrogens is 314 g/mol. The highest BCUT2D eigenvalue weighted by Gasteiger charge is 2.07. The van der Waals surface area contributed by atoms with E-state index in [1.54, 1.807) is 13.2 Å². The van der Waals surface area contributed by atoms with E-state index in [2.05, 4.69) is 20.6 Å². The van der Waals surface area contributed by atoms with Crippen molar-refractivity contribution in [3.05, 3.63) is 66.5 Å². The van der Waals surface area contributed by atoms with E-state index in [0.29, 0.717) is 17.4 Å². The van der Waals surface area contributed by atoms with Crippen LogP contribution in [0.1, 0.15) is 0 Å². The maximum absolute atomic E-state index is 13.7. The Bertz CT molecular complexity index is 857. The second-order valence-electron chi connectivity index (χ2n) is 4.86. The van der Waals surface area contributed by atoms with Gasteiger partial charge in [-0.15, -0.1) is 0 Å². The fourth-order valence-electron chi connectivity index (χ4n) is 2.11. The molecule has 1 heterocycles. The first-order valence-corrected chi connectivity index (χ1v) is 7.10. The summed E-state index contributed by atoms with van der Waals surface area (Å²) in [5.74, 6) is 0.190. The highest BCUT2D eigenvalue weighted by molar-refractivity contribution is 5.67. The highest BCUT2D eigenvalue weighted by Crippen LogP contribution is 2.27. The minimum Gasteiger partial charge on any atom is -0.495 e. The van der Waals surface area contributed by atoms with Crippen LogP contribution in [0.15, 0.2) is 54.9 Å². The number of ether oxygens (including phenoxy) is 1. The van der Waals surface area contributed by atoms with Gasteiger partial charge in [-0.05, 0) is 24.3 Å². The van der Waals surface area contributed by atoms with Crippen LogP contribution in [0.3, 0.4) is 0 Å². The van der Waals surface area contributed by atoms with Crippen molar-refractivity contribution in [1.29, 1.82) is 0 Å². The number of hydrogen-bond donors (Lipinski definition) is 2. The van der Waals surface area contributed by atoms with Crippen LogP contribution in [-0.2, 0) is 0 Å². The number of methoxy groups -OCH3 is 1. The lowest BCUT2D eigenvalue weighted by Gasteiger charge is -2.11. The largest absolute Gasteiger partial charge is 0.495 e. The average Bonchev–Trinajstić information content (AvgIpc) is 2.58. The predicted octanol–water partition coefficient (Wildman–Crippen LogP) is 4.25. The van der Waals surface area contributed by atoms with Gasteiger partial charge in [0.1, 0.15) is 35.3 Å². The molecule has 122 valence electrons. The van der Waals surface area contributed by atoms with Gasteiger partial charge in [-0.25, -0.2) is 18.7 Å². The van der Waals surface area contributed by atoms with E-state index in [4.69, 9.17) is 4.74 Å². The number of aromatic nitrogens is 2. The zero-order chi connectivity index (χ0) is 16.9. The molecule has 3 aromatic rings. The summed E-state index contributed by atoms with van der Waals surface area (Å²) in [6.07, 6.45) is 1.33. The zero-order valence-electron chi connectivity index (χ0n) is 12.8. The van der Waals surface area contributed by atoms with Crippen molar-refractivity contribution in [1.82, 2.24) is 9.97 Å². The van der Waals surface area contributed by atoms with Gasteiger partial charge >= 0.3 is 0 Å². The molecule has 1 aromatic heterocycles. The molecule has 2 aromatic carbocycles. The first-order valence-electron chi connectivity index (χ1n) is 7.10. The fourth-order valence-corrected chi connectivity index (χ4v) is 2.11. The van der Waals surface area contributed by atoms with Crippen LogP contribution < -0.4 is 15.4 Å². The zero-order valence-corrected chi connectivity index (χ0v) is 12.8. The van der Waals surface area contributed by atoms with Crippen LogP contribution in [0.2, 0.25) is 0 Å². The molecule has 0 atom stereocenters. The summed E-state index contributed by atoms with van der Waals surface area (Å²) in [4.78, 5) is 8.15. The maximum Gasteiger partial charge on any atom is 0.149 e. The molecule has 3 rings (SSSR count). The fraction of sp³-hybridized carbons (Fsp3) is 0.0588. The Morgan fingerprint density at radius 3 is 2.29 bits per heavy atom. The molecule has 5 nitrogen and oxygen atoms in total. The summed E-state index contributed by atoms with van der Waals surface area (Å²) in [6, 6.07) is 12.3. The number of hydrogen-bond acceptors (Lipinski definition) is 5. The summed E-state index contributed by atoms with van der Waals surface area (Å²) in [5.41, 5.74) is 0.857. The standard InChI is InChI=1S/C17H14F2N4O/c1-24-15-5-3-2-4-14(15)23-17-9-16(20-10-21-17)22-13-7-6-11(18)8-12(13)19/h2-10H,1H3,(H2,20,21,22,23). The van der Waals surface area contributed by atoms with E-state index in [1.165, 1.54) is 18.5 Å². The topological polar surface area (TPSA) is 59.1 Å². The molecule has 0 unspecified atom stereocenters. The molecule has 0 saturated carbocycles. The van der Waals surface area contributed by atoms with Gasteiger partial charge in [0.2, 0.25) is 0 Å². The SMILES string of the molecule is COc1ccccc1Nc1cc(Nc2ccc(F)cc2F)ncn1. The van der Waals surface area contributed by atoms with Gasteiger partial charge in [-0.1, -0.05) is 12.1 Å². The van der Waals surface area contributed by atoms with Crippen LogP contribution in [0.5, 0.6) is 5.75 Å². The molecule has 0 fully saturated rings. The Kier molecular flexibility index (Phi) is 4.51. The second kappa shape index (κ2) is 6.91. The lowest BCUT2D eigenvalue weighted by molar-refractivity contribution is 0.417. The van der Waals surface area contributed by atoms with Crippen molar-refractivity contribution in [3.63, 3.8) is 0 Å². The summed E-state index contributed by atoms with van der Waals surface area (Å²) in [7, 11) is 1.57. The third-order valence-electron chi connectivity index (χ3n) is 3.23. The third kappa shape index (κ3) is 3.57. The summed E-state index contributed by atoms with van der Waals surface area (Å²) in [5, 5.41) is 5.89. The van der Waals surface area contributed by atoms with Crippen LogP contribution in [-0.4, -0.2) is 17.1 Å². The Balaban J connectivity index is 1.81. The van der Waals surface area contributed by atoms with Crippen molar-refractivity contribution in [2.45, 2.75) is 0 Å². The quantitative estimate of drug-likeness (QED) is 0.733. The molecule has 0 aliphatic carbocycles. The van der Waals surface area contributed by atoms with Crippen molar-refractivity contribution in [2.24, 2.45) is 0 Å². The smallest absolute Gasteiger partial charge is 0.149 e. The molecule has 0 amide bonds. The maximum atomic E-state index is 13.7. The van der Waals surface area contributed by atoms with E-state index < -0.39 is 11.6 Å². The molecule has 0 aliphatic heterocycles. The Morgan fingerprint density at radius 1 is 0.875 bits per heavy atom. The van der Waals surface area contributed by atoms with Gasteiger partial charge in [0.05, 0.1) is 18.5 Å². The van der Waals surface area contributed by atoms with Crippen LogP contribution in [0.4, 0.5) is 31.8 Å². The van der Waals surface area contributed by atoms with E-state index in [9.17, 15) is 8.78 Å². The number of benzene rings is 2. The molecule has 7 heteroatoms. The Labute approximate surface area is 137 Å². The lowest BCUT2D eigenvalue weighted by atomic mass is 10.3. The van der Waals surface area contributed by atoms with Crippen LogP contribution in [0.25, 0.3) is 0 Å². The van der Waals surface area contributed by atoms with Gasteiger partial charge in [-0.3, -0.25) is 0 Å².